The zero-order valence-corrected chi connectivity index (χ0v) is 21.8. The minimum atomic E-state index is -2.29. The van der Waals surface area contributed by atoms with Crippen LogP contribution in [0.25, 0.3) is 0 Å². The van der Waals surface area contributed by atoms with Gasteiger partial charge in [0.25, 0.3) is 0 Å². The number of aliphatic hydroxyl groups is 1. The van der Waals surface area contributed by atoms with Crippen LogP contribution < -0.4 is 0 Å². The van der Waals surface area contributed by atoms with Gasteiger partial charge < -0.3 is 24.1 Å². The lowest BCUT2D eigenvalue weighted by Gasteiger charge is -2.37. The van der Waals surface area contributed by atoms with Crippen LogP contribution in [0.5, 0.6) is 0 Å². The minimum absolute atomic E-state index is 0.00917. The predicted molar refractivity (Wildman–Crippen MR) is 129 cm³/mol. The Bertz CT molecular complexity index is 594. The zero-order chi connectivity index (χ0) is 23.8. The molecule has 1 saturated carbocycles. The number of ether oxygens (including phenoxy) is 3. The Morgan fingerprint density at radius 2 is 1.97 bits per heavy atom. The predicted octanol–water partition coefficient (Wildman–Crippen LogP) is 4.94. The van der Waals surface area contributed by atoms with Gasteiger partial charge in [-0.15, -0.1) is 0 Å². The van der Waals surface area contributed by atoms with Crippen LogP contribution in [0.4, 0.5) is 0 Å². The highest BCUT2D eigenvalue weighted by atomic mass is 28.4. The first-order valence-electron chi connectivity index (χ1n) is 12.4. The van der Waals surface area contributed by atoms with Crippen LogP contribution in [-0.2, 0) is 19.0 Å². The summed E-state index contributed by atoms with van der Waals surface area (Å²) >= 11 is 0. The van der Waals surface area contributed by atoms with Gasteiger partial charge in [-0.2, -0.15) is 0 Å². The number of allylic oxidation sites excluding steroid dienone is 2. The molecule has 0 radical (unpaired) electrons. The summed E-state index contributed by atoms with van der Waals surface area (Å²) in [6.45, 7) is 9.10. The maximum atomic E-state index is 11.2. The summed E-state index contributed by atoms with van der Waals surface area (Å²) in [4.78, 5) is 22.0. The zero-order valence-electron chi connectivity index (χ0n) is 20.8. The van der Waals surface area contributed by atoms with Gasteiger partial charge in [-0.25, -0.2) is 0 Å². The largest absolute Gasteiger partial charge is 0.469 e. The molecule has 1 aliphatic carbocycles. The molecule has 186 valence electrons. The number of carbonyl (C=O) groups excluding carboxylic acids is 1. The van der Waals surface area contributed by atoms with Gasteiger partial charge in [0.1, 0.15) is 0 Å². The normalized spacial score (nSPS) is 29.5. The first-order valence-corrected chi connectivity index (χ1v) is 15.4. The SMILES string of the molecule is COC(=O)CCC/C=C\C[C@@H]1[C@@H](CCC(C)(C)[Si](C)(C)O)[C@H](OC2CCCCO2)C[C@@H]1O. The number of hydrogen-bond acceptors (Lipinski definition) is 6. The van der Waals surface area contributed by atoms with Crippen molar-refractivity contribution in [1.29, 1.82) is 0 Å². The Morgan fingerprint density at radius 3 is 2.59 bits per heavy atom. The molecule has 0 aromatic carbocycles. The fourth-order valence-corrected chi connectivity index (χ4v) is 5.48. The van der Waals surface area contributed by atoms with Crippen LogP contribution in [0.3, 0.4) is 0 Å². The molecule has 0 aromatic rings. The standard InChI is InChI=1S/C25H46O6Si/c1-25(2,32(4,5)28)16-15-20-19(12-8-6-7-9-13-23(27)29-3)21(26)18-22(20)31-24-14-10-11-17-30-24/h6,8,19-22,24,26,28H,7,9-18H2,1-5H3/b8-6-/t19-,20-,21+,22-,24?/m1/s1. The first kappa shape index (κ1) is 27.5. The molecule has 0 bridgehead atoms. The Labute approximate surface area is 195 Å². The van der Waals surface area contributed by atoms with Gasteiger partial charge in [0.05, 0.1) is 19.3 Å². The lowest BCUT2D eigenvalue weighted by atomic mass is 9.85. The first-order chi connectivity index (χ1) is 15.0. The molecule has 0 spiro atoms. The molecule has 2 fully saturated rings. The van der Waals surface area contributed by atoms with Gasteiger partial charge in [0.2, 0.25) is 0 Å². The van der Waals surface area contributed by atoms with Crippen LogP contribution in [0.2, 0.25) is 18.1 Å². The highest BCUT2D eigenvalue weighted by Crippen LogP contribution is 2.46. The summed E-state index contributed by atoms with van der Waals surface area (Å²) in [5.74, 6) is 0.207. The van der Waals surface area contributed by atoms with Crippen molar-refractivity contribution >= 4 is 14.3 Å². The maximum absolute atomic E-state index is 11.2. The second-order valence-corrected chi connectivity index (χ2v) is 15.2. The Kier molecular flexibility index (Phi) is 10.9. The summed E-state index contributed by atoms with van der Waals surface area (Å²) in [7, 11) is -0.878. The van der Waals surface area contributed by atoms with Crippen molar-refractivity contribution in [2.45, 2.75) is 115 Å². The van der Waals surface area contributed by atoms with Gasteiger partial charge in [-0.1, -0.05) is 26.0 Å². The molecular weight excluding hydrogens is 424 g/mol. The molecule has 1 unspecified atom stereocenters. The molecule has 6 nitrogen and oxygen atoms in total. The van der Waals surface area contributed by atoms with Crippen molar-refractivity contribution in [2.75, 3.05) is 13.7 Å². The van der Waals surface area contributed by atoms with E-state index in [1.54, 1.807) is 0 Å². The summed E-state index contributed by atoms with van der Waals surface area (Å²) in [5.41, 5.74) is 0. The second-order valence-electron chi connectivity index (χ2n) is 10.8. The number of carbonyl (C=O) groups is 1. The van der Waals surface area contributed by atoms with E-state index in [1.165, 1.54) is 7.11 Å². The molecular formula is C25H46O6Si. The van der Waals surface area contributed by atoms with Gasteiger partial charge in [0.15, 0.2) is 14.6 Å². The molecule has 5 atom stereocenters. The Morgan fingerprint density at radius 1 is 1.22 bits per heavy atom. The minimum Gasteiger partial charge on any atom is -0.469 e. The third-order valence-corrected chi connectivity index (χ3v) is 11.3. The fourth-order valence-electron chi connectivity index (χ4n) is 4.72. The molecule has 1 aliphatic heterocycles. The molecule has 2 rings (SSSR count). The summed E-state index contributed by atoms with van der Waals surface area (Å²) in [6.07, 6.45) is 12.2. The van der Waals surface area contributed by atoms with E-state index in [1.807, 2.05) is 13.1 Å². The molecule has 1 heterocycles. The van der Waals surface area contributed by atoms with Crippen molar-refractivity contribution in [1.82, 2.24) is 0 Å². The van der Waals surface area contributed by atoms with Crippen molar-refractivity contribution in [2.24, 2.45) is 11.8 Å². The lowest BCUT2D eigenvalue weighted by Crippen LogP contribution is -2.40. The average Bonchev–Trinajstić information content (AvgIpc) is 3.02. The van der Waals surface area contributed by atoms with Crippen LogP contribution in [0, 0.1) is 11.8 Å². The molecule has 0 amide bonds. The molecule has 7 heteroatoms. The van der Waals surface area contributed by atoms with Crippen LogP contribution in [0.1, 0.15) is 78.1 Å². The molecule has 2 aliphatic rings. The number of methoxy groups -OCH3 is 1. The Hall–Kier alpha value is -0.733. The highest BCUT2D eigenvalue weighted by molar-refractivity contribution is 6.72. The third kappa shape index (κ3) is 8.24. The quantitative estimate of drug-likeness (QED) is 0.182. The van der Waals surface area contributed by atoms with E-state index in [2.05, 4.69) is 30.7 Å². The van der Waals surface area contributed by atoms with E-state index in [-0.39, 0.29) is 35.2 Å². The van der Waals surface area contributed by atoms with Gasteiger partial charge in [0, 0.05) is 19.4 Å². The number of esters is 1. The van der Waals surface area contributed by atoms with E-state index >= 15 is 0 Å². The molecule has 0 aromatic heterocycles. The topological polar surface area (TPSA) is 85.2 Å². The average molecular weight is 471 g/mol. The monoisotopic (exact) mass is 470 g/mol. The van der Waals surface area contributed by atoms with E-state index in [9.17, 15) is 14.7 Å². The van der Waals surface area contributed by atoms with Crippen LogP contribution in [-0.4, -0.2) is 56.4 Å². The van der Waals surface area contributed by atoms with Crippen LogP contribution >= 0.6 is 0 Å². The lowest BCUT2D eigenvalue weighted by molar-refractivity contribution is -0.196. The highest BCUT2D eigenvalue weighted by Gasteiger charge is 2.45. The van der Waals surface area contributed by atoms with Crippen molar-refractivity contribution in [3.8, 4) is 0 Å². The molecule has 2 N–H and O–H groups in total. The van der Waals surface area contributed by atoms with Crippen molar-refractivity contribution in [3.05, 3.63) is 12.2 Å². The van der Waals surface area contributed by atoms with Gasteiger partial charge >= 0.3 is 5.97 Å². The van der Waals surface area contributed by atoms with E-state index in [4.69, 9.17) is 9.47 Å². The third-order valence-electron chi connectivity index (χ3n) is 7.77. The second kappa shape index (κ2) is 12.7. The number of hydrogen-bond donors (Lipinski definition) is 2. The van der Waals surface area contributed by atoms with E-state index < -0.39 is 14.4 Å². The summed E-state index contributed by atoms with van der Waals surface area (Å²) < 4.78 is 16.9. The van der Waals surface area contributed by atoms with Crippen LogP contribution in [0.15, 0.2) is 12.2 Å². The van der Waals surface area contributed by atoms with E-state index in [0.29, 0.717) is 12.8 Å². The Balaban J connectivity index is 1.99. The summed E-state index contributed by atoms with van der Waals surface area (Å²) in [6, 6.07) is 0. The molecule has 1 saturated heterocycles. The smallest absolute Gasteiger partial charge is 0.305 e. The van der Waals surface area contributed by atoms with E-state index in [0.717, 1.165) is 58.0 Å². The van der Waals surface area contributed by atoms with Crippen molar-refractivity contribution < 1.29 is 28.9 Å². The number of rotatable bonds is 12. The molecule has 32 heavy (non-hydrogen) atoms. The van der Waals surface area contributed by atoms with Gasteiger partial charge in [-0.05, 0) is 81.3 Å². The fraction of sp³-hybridized carbons (Fsp3) is 0.880. The number of unbranched alkanes of at least 4 members (excludes halogenated alkanes) is 1. The number of aliphatic hydroxyl groups excluding tert-OH is 1. The van der Waals surface area contributed by atoms with Crippen molar-refractivity contribution in [3.63, 3.8) is 0 Å². The maximum Gasteiger partial charge on any atom is 0.305 e. The summed E-state index contributed by atoms with van der Waals surface area (Å²) in [5, 5.41) is 10.8. The van der Waals surface area contributed by atoms with Gasteiger partial charge in [-0.3, -0.25) is 4.79 Å².